The predicted octanol–water partition coefficient (Wildman–Crippen LogP) is 2.43. The molecule has 0 N–H and O–H groups in total. The van der Waals surface area contributed by atoms with Crippen molar-refractivity contribution >= 4 is 19.7 Å². The van der Waals surface area contributed by atoms with Crippen LogP contribution in [0.4, 0.5) is 0 Å². The molecule has 0 atom stereocenters. The molecule has 0 bridgehead atoms. The third kappa shape index (κ3) is 4.22. The van der Waals surface area contributed by atoms with Gasteiger partial charge in [0.15, 0.2) is 0 Å². The average Bonchev–Trinajstić information content (AvgIpc) is 1.85. The Balaban J connectivity index is 4.78. The Bertz CT molecular complexity index is 262. The van der Waals surface area contributed by atoms with Gasteiger partial charge in [-0.25, -0.2) is 8.42 Å². The first-order chi connectivity index (χ1) is 5.02. The molecule has 0 spiro atoms. The zero-order valence-electron chi connectivity index (χ0n) is 6.54. The van der Waals surface area contributed by atoms with Gasteiger partial charge in [-0.2, -0.15) is 0 Å². The van der Waals surface area contributed by atoms with Crippen LogP contribution in [0.5, 0.6) is 0 Å². The monoisotopic (exact) mass is 194 g/mol. The van der Waals surface area contributed by atoms with Crippen LogP contribution in [0.15, 0.2) is 23.1 Å². The van der Waals surface area contributed by atoms with Crippen molar-refractivity contribution in [1.29, 1.82) is 0 Å². The highest BCUT2D eigenvalue weighted by molar-refractivity contribution is 8.17. The van der Waals surface area contributed by atoms with Gasteiger partial charge in [-0.15, -0.1) is 0 Å². The van der Waals surface area contributed by atoms with Gasteiger partial charge in [0, 0.05) is 10.7 Å². The lowest BCUT2D eigenvalue weighted by molar-refractivity contribution is 0.615. The van der Waals surface area contributed by atoms with E-state index >= 15 is 0 Å². The van der Waals surface area contributed by atoms with Crippen molar-refractivity contribution in [1.82, 2.24) is 0 Å². The fourth-order valence-electron chi connectivity index (χ4n) is 0.614. The zero-order chi connectivity index (χ0) is 8.91. The maximum atomic E-state index is 10.8. The van der Waals surface area contributed by atoms with Crippen LogP contribution in [0.1, 0.15) is 20.3 Å². The van der Waals surface area contributed by atoms with Gasteiger partial charge in [-0.3, -0.25) is 0 Å². The molecular weight excluding hydrogens is 184 g/mol. The van der Waals surface area contributed by atoms with Gasteiger partial charge in [-0.05, 0) is 19.4 Å². The molecule has 0 aliphatic heterocycles. The summed E-state index contributed by atoms with van der Waals surface area (Å²) < 4.78 is 21.5. The van der Waals surface area contributed by atoms with E-state index in [2.05, 4.69) is 0 Å². The lowest BCUT2D eigenvalue weighted by Gasteiger charge is -1.93. The normalized spacial score (nSPS) is 14.3. The molecule has 0 aliphatic carbocycles. The third-order valence-corrected chi connectivity index (χ3v) is 2.42. The predicted molar refractivity (Wildman–Crippen MR) is 48.0 cm³/mol. The molecule has 0 unspecified atom stereocenters. The molecule has 0 saturated carbocycles. The maximum Gasteiger partial charge on any atom is 0.260 e. The van der Waals surface area contributed by atoms with E-state index in [1.165, 1.54) is 6.08 Å². The third-order valence-electron chi connectivity index (χ3n) is 1.02. The van der Waals surface area contributed by atoms with Crippen LogP contribution in [-0.2, 0) is 9.05 Å². The van der Waals surface area contributed by atoms with E-state index in [1.54, 1.807) is 19.1 Å². The molecule has 0 amide bonds. The first-order valence-corrected chi connectivity index (χ1v) is 5.60. The molecule has 2 nitrogen and oxygen atoms in total. The van der Waals surface area contributed by atoms with Gasteiger partial charge in [0.1, 0.15) is 0 Å². The summed E-state index contributed by atoms with van der Waals surface area (Å²) in [5.74, 6) is 0. The molecule has 0 saturated heterocycles. The Morgan fingerprint density at radius 1 is 1.55 bits per heavy atom. The van der Waals surface area contributed by atoms with Crippen LogP contribution in [0.25, 0.3) is 0 Å². The van der Waals surface area contributed by atoms with Crippen LogP contribution in [-0.4, -0.2) is 8.42 Å². The highest BCUT2D eigenvalue weighted by atomic mass is 35.7. The molecule has 0 heterocycles. The van der Waals surface area contributed by atoms with Crippen molar-refractivity contribution in [2.75, 3.05) is 0 Å². The van der Waals surface area contributed by atoms with E-state index in [0.29, 0.717) is 6.42 Å². The summed E-state index contributed by atoms with van der Waals surface area (Å²) in [5.41, 5.74) is 0. The van der Waals surface area contributed by atoms with Gasteiger partial charge in [0.2, 0.25) is 0 Å². The van der Waals surface area contributed by atoms with Gasteiger partial charge in [-0.1, -0.05) is 19.1 Å². The molecule has 0 aliphatic rings. The molecule has 0 radical (unpaired) electrons. The van der Waals surface area contributed by atoms with E-state index in [9.17, 15) is 8.42 Å². The van der Waals surface area contributed by atoms with Crippen LogP contribution in [0.2, 0.25) is 0 Å². The van der Waals surface area contributed by atoms with Crippen molar-refractivity contribution in [3.63, 3.8) is 0 Å². The van der Waals surface area contributed by atoms with Crippen LogP contribution >= 0.6 is 10.7 Å². The minimum atomic E-state index is -3.54. The van der Waals surface area contributed by atoms with Crippen LogP contribution in [0, 0.1) is 0 Å². The second kappa shape index (κ2) is 4.57. The van der Waals surface area contributed by atoms with E-state index in [4.69, 9.17) is 10.7 Å². The topological polar surface area (TPSA) is 34.1 Å². The highest BCUT2D eigenvalue weighted by Crippen LogP contribution is 2.13. The molecule has 0 aromatic heterocycles. The summed E-state index contributed by atoms with van der Waals surface area (Å²) in [6, 6.07) is 0. The van der Waals surface area contributed by atoms with E-state index in [0.717, 1.165) is 0 Å². The Morgan fingerprint density at radius 3 is 2.36 bits per heavy atom. The summed E-state index contributed by atoms with van der Waals surface area (Å²) in [5, 5.41) is 0. The standard InChI is InChI=1S/C7H11ClO2S/c1-3-5-7(6-4-2)11(8,9)10/h3,5-6H,4H2,1-2H3/b5-3-,7-6+. The SMILES string of the molecule is C/C=C\C(=C/CC)S(=O)(=O)Cl. The summed E-state index contributed by atoms with van der Waals surface area (Å²) in [4.78, 5) is 0.171. The first-order valence-electron chi connectivity index (χ1n) is 3.30. The van der Waals surface area contributed by atoms with E-state index in [1.807, 2.05) is 6.92 Å². The molecule has 64 valence electrons. The minimum Gasteiger partial charge on any atom is -0.207 e. The molecule has 0 fully saturated rings. The van der Waals surface area contributed by atoms with Crippen molar-refractivity contribution in [3.8, 4) is 0 Å². The van der Waals surface area contributed by atoms with Crippen molar-refractivity contribution in [2.45, 2.75) is 20.3 Å². The zero-order valence-corrected chi connectivity index (χ0v) is 8.11. The van der Waals surface area contributed by atoms with Crippen molar-refractivity contribution in [2.24, 2.45) is 0 Å². The average molecular weight is 195 g/mol. The molecule has 11 heavy (non-hydrogen) atoms. The summed E-state index contributed by atoms with van der Waals surface area (Å²) in [6.07, 6.45) is 5.35. The lowest BCUT2D eigenvalue weighted by Crippen LogP contribution is -1.90. The highest BCUT2D eigenvalue weighted by Gasteiger charge is 2.08. The van der Waals surface area contributed by atoms with Crippen molar-refractivity contribution in [3.05, 3.63) is 23.1 Å². The summed E-state index contributed by atoms with van der Waals surface area (Å²) >= 11 is 0. The Morgan fingerprint density at radius 2 is 2.09 bits per heavy atom. The fraction of sp³-hybridized carbons (Fsp3) is 0.429. The van der Waals surface area contributed by atoms with Gasteiger partial charge in [0.05, 0.1) is 4.91 Å². The summed E-state index contributed by atoms with van der Waals surface area (Å²) in [6.45, 7) is 3.59. The Hall–Kier alpha value is -0.280. The lowest BCUT2D eigenvalue weighted by atomic mass is 10.4. The van der Waals surface area contributed by atoms with Crippen LogP contribution in [0.3, 0.4) is 0 Å². The Kier molecular flexibility index (Phi) is 4.45. The second-order valence-electron chi connectivity index (χ2n) is 1.95. The van der Waals surface area contributed by atoms with Gasteiger partial charge < -0.3 is 0 Å². The maximum absolute atomic E-state index is 10.8. The molecule has 0 aromatic rings. The quantitative estimate of drug-likeness (QED) is 0.511. The van der Waals surface area contributed by atoms with E-state index in [-0.39, 0.29) is 4.91 Å². The number of hydrogen-bond donors (Lipinski definition) is 0. The molecular formula is C7H11ClO2S. The number of allylic oxidation sites excluding steroid dienone is 3. The van der Waals surface area contributed by atoms with Crippen LogP contribution < -0.4 is 0 Å². The smallest absolute Gasteiger partial charge is 0.207 e. The molecule has 4 heteroatoms. The molecule has 0 rings (SSSR count). The second-order valence-corrected chi connectivity index (χ2v) is 4.52. The number of hydrogen-bond acceptors (Lipinski definition) is 2. The minimum absolute atomic E-state index is 0.171. The largest absolute Gasteiger partial charge is 0.260 e. The first kappa shape index (κ1) is 10.7. The number of halogens is 1. The van der Waals surface area contributed by atoms with Gasteiger partial charge in [0.25, 0.3) is 9.05 Å². The van der Waals surface area contributed by atoms with Gasteiger partial charge >= 0.3 is 0 Å². The Labute approximate surface area is 72.0 Å². The fourth-order valence-corrected chi connectivity index (χ4v) is 1.62. The summed E-state index contributed by atoms with van der Waals surface area (Å²) in [7, 11) is 1.57. The number of rotatable bonds is 3. The van der Waals surface area contributed by atoms with Crippen molar-refractivity contribution < 1.29 is 8.42 Å². The van der Waals surface area contributed by atoms with E-state index < -0.39 is 9.05 Å². The molecule has 0 aromatic carbocycles.